The molecule has 0 radical (unpaired) electrons. The molecule has 0 unspecified atom stereocenters. The molecule has 26 heavy (non-hydrogen) atoms. The van der Waals surface area contributed by atoms with E-state index in [0.29, 0.717) is 0 Å². The lowest BCUT2D eigenvalue weighted by molar-refractivity contribution is -0.117. The lowest BCUT2D eigenvalue weighted by Gasteiger charge is -2.33. The fourth-order valence-electron chi connectivity index (χ4n) is 3.18. The Morgan fingerprint density at radius 1 is 0.846 bits per heavy atom. The number of carbonyl (C=O) groups excluding carboxylic acids is 1. The molecule has 0 aliphatic rings. The summed E-state index contributed by atoms with van der Waals surface area (Å²) in [6.07, 6.45) is 0. The van der Waals surface area contributed by atoms with Crippen LogP contribution in [-0.2, 0) is 15.6 Å². The number of carbonyl (C=O) groups is 1. The highest BCUT2D eigenvalue weighted by Crippen LogP contribution is 2.36. The van der Waals surface area contributed by atoms with E-state index in [4.69, 9.17) is 0 Å². The van der Waals surface area contributed by atoms with Gasteiger partial charge in [-0.15, -0.1) is 0 Å². The van der Waals surface area contributed by atoms with E-state index in [2.05, 4.69) is 78.8 Å². The molecule has 0 N–H and O–H groups in total. The van der Waals surface area contributed by atoms with E-state index in [1.807, 2.05) is 23.1 Å². The van der Waals surface area contributed by atoms with Crippen molar-refractivity contribution in [2.45, 2.75) is 72.3 Å². The summed E-state index contributed by atoms with van der Waals surface area (Å²) in [7, 11) is 0. The monoisotopic (exact) mass is 351 g/mol. The molecule has 0 heterocycles. The minimum absolute atomic E-state index is 0.0169. The van der Waals surface area contributed by atoms with Gasteiger partial charge in [0.2, 0.25) is 5.91 Å². The van der Waals surface area contributed by atoms with E-state index in [1.54, 1.807) is 6.92 Å². The number of hydrogen-bond donors (Lipinski definition) is 0. The molecule has 2 nitrogen and oxygen atoms in total. The fourth-order valence-corrected chi connectivity index (χ4v) is 3.18. The van der Waals surface area contributed by atoms with Crippen molar-refractivity contribution < 1.29 is 4.79 Å². The van der Waals surface area contributed by atoms with E-state index >= 15 is 0 Å². The van der Waals surface area contributed by atoms with Crippen LogP contribution in [0.5, 0.6) is 0 Å². The molecule has 2 rings (SSSR count). The molecule has 0 fully saturated rings. The molecule has 0 saturated heterocycles. The topological polar surface area (TPSA) is 20.3 Å². The predicted molar refractivity (Wildman–Crippen MR) is 112 cm³/mol. The van der Waals surface area contributed by atoms with Crippen LogP contribution in [0, 0.1) is 0 Å². The molecule has 2 heteroatoms. The average molecular weight is 352 g/mol. The van der Waals surface area contributed by atoms with Crippen LogP contribution < -0.4 is 4.90 Å². The highest BCUT2D eigenvalue weighted by molar-refractivity contribution is 5.92. The molecule has 1 amide bonds. The van der Waals surface area contributed by atoms with Crippen molar-refractivity contribution in [2.24, 2.45) is 0 Å². The molecular weight excluding hydrogens is 318 g/mol. The van der Waals surface area contributed by atoms with Gasteiger partial charge in [-0.25, -0.2) is 0 Å². The van der Waals surface area contributed by atoms with Gasteiger partial charge in [0.15, 0.2) is 0 Å². The zero-order valence-corrected chi connectivity index (χ0v) is 17.6. The summed E-state index contributed by atoms with van der Waals surface area (Å²) in [6, 6.07) is 16.8. The van der Waals surface area contributed by atoms with Gasteiger partial charge in [-0.1, -0.05) is 77.9 Å². The van der Waals surface area contributed by atoms with Crippen molar-refractivity contribution in [3.05, 3.63) is 65.2 Å². The molecular formula is C24H33NO. The van der Waals surface area contributed by atoms with Gasteiger partial charge in [0.05, 0.1) is 6.04 Å². The van der Waals surface area contributed by atoms with Crippen LogP contribution in [0.15, 0.2) is 48.5 Å². The van der Waals surface area contributed by atoms with Gasteiger partial charge in [-0.3, -0.25) is 4.79 Å². The Kier molecular flexibility index (Phi) is 5.65. The van der Waals surface area contributed by atoms with Crippen LogP contribution in [-0.4, -0.2) is 5.91 Å². The SMILES string of the molecule is CC(=O)N(c1cc(C(C)(C)C)cc(C(C)(C)C)c1)[C@@H](C)c1ccccc1. The standard InChI is InChI=1S/C24H33NO/c1-17(19-12-10-9-11-13-19)25(18(2)26)22-15-20(23(3,4)5)14-21(16-22)24(6,7)8/h9-17H,1-8H3/t17-/m0/s1. The largest absolute Gasteiger partial charge is 0.305 e. The van der Waals surface area contributed by atoms with Crippen molar-refractivity contribution >= 4 is 11.6 Å². The Bertz CT molecular complexity index is 731. The quantitative estimate of drug-likeness (QED) is 0.627. The van der Waals surface area contributed by atoms with Crippen molar-refractivity contribution in [3.8, 4) is 0 Å². The zero-order chi connectivity index (χ0) is 19.7. The number of nitrogens with zero attached hydrogens (tertiary/aromatic N) is 1. The van der Waals surface area contributed by atoms with E-state index in [1.165, 1.54) is 11.1 Å². The highest BCUT2D eigenvalue weighted by Gasteiger charge is 2.26. The summed E-state index contributed by atoms with van der Waals surface area (Å²) in [5.41, 5.74) is 4.67. The van der Waals surface area contributed by atoms with E-state index in [0.717, 1.165) is 11.3 Å². The predicted octanol–water partition coefficient (Wildman–Crippen LogP) is 6.40. The second-order valence-corrected chi connectivity index (χ2v) is 9.24. The highest BCUT2D eigenvalue weighted by atomic mass is 16.2. The maximum atomic E-state index is 12.6. The van der Waals surface area contributed by atoms with Gasteiger partial charge in [0.1, 0.15) is 0 Å². The summed E-state index contributed by atoms with van der Waals surface area (Å²) < 4.78 is 0. The van der Waals surface area contributed by atoms with E-state index in [-0.39, 0.29) is 22.8 Å². The van der Waals surface area contributed by atoms with Crippen LogP contribution in [0.2, 0.25) is 0 Å². The van der Waals surface area contributed by atoms with Gasteiger partial charge in [0, 0.05) is 12.6 Å². The Labute approximate surface area is 159 Å². The summed E-state index contributed by atoms with van der Waals surface area (Å²) in [5.74, 6) is 0.0623. The van der Waals surface area contributed by atoms with Crippen LogP contribution in [0.1, 0.15) is 78.1 Å². The Balaban J connectivity index is 2.63. The number of anilines is 1. The number of benzene rings is 2. The van der Waals surface area contributed by atoms with Crippen LogP contribution in [0.25, 0.3) is 0 Å². The summed E-state index contributed by atoms with van der Waals surface area (Å²) in [6.45, 7) is 17.1. The molecule has 0 saturated carbocycles. The first-order chi connectivity index (χ1) is 11.9. The summed E-state index contributed by atoms with van der Waals surface area (Å²) in [4.78, 5) is 14.5. The molecule has 0 aromatic heterocycles. The Hall–Kier alpha value is -2.09. The molecule has 2 aromatic rings. The number of amides is 1. The van der Waals surface area contributed by atoms with Gasteiger partial charge < -0.3 is 4.90 Å². The Morgan fingerprint density at radius 2 is 1.31 bits per heavy atom. The third-order valence-corrected chi connectivity index (χ3v) is 4.94. The van der Waals surface area contributed by atoms with Crippen molar-refractivity contribution in [3.63, 3.8) is 0 Å². The number of rotatable bonds is 3. The summed E-state index contributed by atoms with van der Waals surface area (Å²) >= 11 is 0. The van der Waals surface area contributed by atoms with E-state index in [9.17, 15) is 4.79 Å². The second-order valence-electron chi connectivity index (χ2n) is 9.24. The lowest BCUT2D eigenvalue weighted by atomic mass is 9.80. The first-order valence-corrected chi connectivity index (χ1v) is 9.42. The maximum absolute atomic E-state index is 12.6. The van der Waals surface area contributed by atoms with Crippen molar-refractivity contribution in [1.29, 1.82) is 0 Å². The third-order valence-electron chi connectivity index (χ3n) is 4.94. The van der Waals surface area contributed by atoms with Gasteiger partial charge in [-0.05, 0) is 46.6 Å². The molecule has 0 aliphatic carbocycles. The molecule has 2 aromatic carbocycles. The lowest BCUT2D eigenvalue weighted by Crippen LogP contribution is -2.32. The molecule has 0 aliphatic heterocycles. The Morgan fingerprint density at radius 3 is 1.69 bits per heavy atom. The second kappa shape index (κ2) is 7.26. The van der Waals surface area contributed by atoms with Gasteiger partial charge in [-0.2, -0.15) is 0 Å². The minimum atomic E-state index is -0.0169. The third kappa shape index (κ3) is 4.55. The zero-order valence-electron chi connectivity index (χ0n) is 17.6. The molecule has 0 spiro atoms. The normalized spacial score (nSPS) is 13.4. The average Bonchev–Trinajstić information content (AvgIpc) is 2.53. The fraction of sp³-hybridized carbons (Fsp3) is 0.458. The minimum Gasteiger partial charge on any atom is -0.305 e. The molecule has 0 bridgehead atoms. The van der Waals surface area contributed by atoms with Crippen LogP contribution in [0.4, 0.5) is 5.69 Å². The first kappa shape index (κ1) is 20.2. The van der Waals surface area contributed by atoms with Crippen LogP contribution in [0.3, 0.4) is 0 Å². The summed E-state index contributed by atoms with van der Waals surface area (Å²) in [5, 5.41) is 0. The van der Waals surface area contributed by atoms with E-state index < -0.39 is 0 Å². The number of hydrogen-bond acceptors (Lipinski definition) is 1. The van der Waals surface area contributed by atoms with Crippen molar-refractivity contribution in [2.75, 3.05) is 4.90 Å². The smallest absolute Gasteiger partial charge is 0.224 e. The molecule has 1 atom stereocenters. The molecule has 140 valence electrons. The van der Waals surface area contributed by atoms with Crippen LogP contribution >= 0.6 is 0 Å². The van der Waals surface area contributed by atoms with Crippen molar-refractivity contribution in [1.82, 2.24) is 0 Å². The maximum Gasteiger partial charge on any atom is 0.224 e. The van der Waals surface area contributed by atoms with Gasteiger partial charge >= 0.3 is 0 Å². The first-order valence-electron chi connectivity index (χ1n) is 9.42. The van der Waals surface area contributed by atoms with Gasteiger partial charge in [0.25, 0.3) is 0 Å².